The minimum Gasteiger partial charge on any atom is -0.495 e. The fourth-order valence-electron chi connectivity index (χ4n) is 3.88. The van der Waals surface area contributed by atoms with E-state index in [9.17, 15) is 4.79 Å². The molecule has 4 rings (SSSR count). The maximum atomic E-state index is 11.2. The van der Waals surface area contributed by atoms with E-state index in [0.717, 1.165) is 40.3 Å². The summed E-state index contributed by atoms with van der Waals surface area (Å²) >= 11 is 0.915. The second kappa shape index (κ2) is 7.07. The van der Waals surface area contributed by atoms with E-state index in [4.69, 9.17) is 9.84 Å². The molecule has 0 spiro atoms. The molecule has 1 fully saturated rings. The van der Waals surface area contributed by atoms with Crippen LogP contribution in [0.5, 0.6) is 5.75 Å². The molecule has 26 heavy (non-hydrogen) atoms. The molecule has 136 valence electrons. The Morgan fingerprint density at radius 3 is 2.85 bits per heavy atom. The second-order valence-corrected chi connectivity index (χ2v) is 7.54. The monoisotopic (exact) mass is 371 g/mol. The number of ether oxygens (including phenoxy) is 1. The number of aromatic carboxylic acids is 1. The van der Waals surface area contributed by atoms with Crippen molar-refractivity contribution in [3.05, 3.63) is 29.4 Å². The molecule has 2 heterocycles. The van der Waals surface area contributed by atoms with Crippen molar-refractivity contribution in [1.29, 1.82) is 0 Å². The maximum absolute atomic E-state index is 11.2. The number of hydrogen-bond acceptors (Lipinski definition) is 5. The minimum absolute atomic E-state index is 0.0103. The third-order valence-electron chi connectivity index (χ3n) is 5.11. The van der Waals surface area contributed by atoms with Crippen molar-refractivity contribution in [3.63, 3.8) is 0 Å². The summed E-state index contributed by atoms with van der Waals surface area (Å²) in [7, 11) is 1.68. The topological polar surface area (TPSA) is 77.2 Å². The van der Waals surface area contributed by atoms with Gasteiger partial charge in [-0.05, 0) is 36.4 Å². The highest BCUT2D eigenvalue weighted by Gasteiger charge is 2.21. The lowest BCUT2D eigenvalue weighted by Gasteiger charge is -2.22. The zero-order valence-electron chi connectivity index (χ0n) is 14.6. The second-order valence-electron chi connectivity index (χ2n) is 6.78. The molecule has 3 aromatic rings. The first kappa shape index (κ1) is 17.0. The fourth-order valence-corrected chi connectivity index (χ4v) is 4.40. The van der Waals surface area contributed by atoms with Gasteiger partial charge in [0.05, 0.1) is 12.6 Å². The van der Waals surface area contributed by atoms with Gasteiger partial charge in [0.15, 0.2) is 5.82 Å². The van der Waals surface area contributed by atoms with Crippen LogP contribution in [-0.2, 0) is 6.54 Å². The van der Waals surface area contributed by atoms with Crippen LogP contribution in [0.15, 0.2) is 24.4 Å². The molecule has 1 aliphatic rings. The van der Waals surface area contributed by atoms with Crippen LogP contribution in [-0.4, -0.2) is 32.1 Å². The first-order valence-electron chi connectivity index (χ1n) is 8.90. The Morgan fingerprint density at radius 1 is 1.35 bits per heavy atom. The lowest BCUT2D eigenvalue weighted by Crippen LogP contribution is -2.13. The Morgan fingerprint density at radius 2 is 2.15 bits per heavy atom. The number of benzene rings is 1. The average Bonchev–Trinajstić information content (AvgIpc) is 3.28. The average molecular weight is 371 g/mol. The Labute approximate surface area is 155 Å². The molecule has 0 bridgehead atoms. The molecule has 1 N–H and O–H groups in total. The van der Waals surface area contributed by atoms with Crippen LogP contribution >= 0.6 is 11.5 Å². The van der Waals surface area contributed by atoms with E-state index in [1.165, 1.54) is 32.1 Å². The number of hydrogen-bond donors (Lipinski definition) is 1. The van der Waals surface area contributed by atoms with E-state index in [1.807, 2.05) is 18.2 Å². The Bertz CT molecular complexity index is 941. The van der Waals surface area contributed by atoms with Crippen LogP contribution < -0.4 is 4.74 Å². The molecule has 0 radical (unpaired) electrons. The summed E-state index contributed by atoms with van der Waals surface area (Å²) in [6.45, 7) is 0.937. The molecule has 6 nitrogen and oxygen atoms in total. The Balaban J connectivity index is 1.81. The zero-order valence-corrected chi connectivity index (χ0v) is 15.5. The van der Waals surface area contributed by atoms with Gasteiger partial charge in [-0.2, -0.15) is 4.37 Å². The molecule has 1 saturated carbocycles. The molecule has 1 aliphatic carbocycles. The quantitative estimate of drug-likeness (QED) is 0.717. The normalized spacial score (nSPS) is 15.4. The third-order valence-corrected chi connectivity index (χ3v) is 5.81. The van der Waals surface area contributed by atoms with Gasteiger partial charge in [0.1, 0.15) is 5.75 Å². The van der Waals surface area contributed by atoms with Crippen LogP contribution in [0.25, 0.3) is 22.3 Å². The van der Waals surface area contributed by atoms with Crippen LogP contribution in [0.1, 0.15) is 41.9 Å². The Hall–Kier alpha value is -2.41. The number of nitrogens with zero attached hydrogens (tertiary/aromatic N) is 3. The number of carboxylic acid groups (broad SMARTS) is 1. The standard InChI is InChI=1S/C19H21N3O3S/c1-25-15-9-5-8-13-14(17-20-18(19(23)24)26-21-17)11-22(16(13)15)10-12-6-3-2-4-7-12/h5,8-9,11-12H,2-4,6-7,10H2,1H3,(H,23,24). The SMILES string of the molecule is COc1cccc2c(-c3nsc(C(=O)O)n3)cn(CC3CCCCC3)c12. The summed E-state index contributed by atoms with van der Waals surface area (Å²) < 4.78 is 12.1. The number of carboxylic acids is 1. The van der Waals surface area contributed by atoms with Crippen molar-refractivity contribution < 1.29 is 14.6 Å². The van der Waals surface area contributed by atoms with Gasteiger partial charge in [-0.1, -0.05) is 31.4 Å². The molecule has 0 aliphatic heterocycles. The van der Waals surface area contributed by atoms with Crippen LogP contribution in [0.3, 0.4) is 0 Å². The predicted octanol–water partition coefficient (Wildman–Crippen LogP) is 4.45. The lowest BCUT2D eigenvalue weighted by atomic mass is 9.89. The molecular weight excluding hydrogens is 350 g/mol. The van der Waals surface area contributed by atoms with Gasteiger partial charge < -0.3 is 14.4 Å². The highest BCUT2D eigenvalue weighted by molar-refractivity contribution is 7.07. The molecule has 0 atom stereocenters. The lowest BCUT2D eigenvalue weighted by molar-refractivity contribution is 0.0696. The van der Waals surface area contributed by atoms with Crippen molar-refractivity contribution in [2.75, 3.05) is 7.11 Å². The third kappa shape index (κ3) is 3.07. The number of rotatable bonds is 5. The summed E-state index contributed by atoms with van der Waals surface area (Å²) in [6, 6.07) is 5.92. The van der Waals surface area contributed by atoms with Crippen molar-refractivity contribution in [2.24, 2.45) is 5.92 Å². The van der Waals surface area contributed by atoms with Crippen molar-refractivity contribution >= 4 is 28.4 Å². The predicted molar refractivity (Wildman–Crippen MR) is 101 cm³/mol. The molecular formula is C19H21N3O3S. The fraction of sp³-hybridized carbons (Fsp3) is 0.421. The van der Waals surface area contributed by atoms with Crippen LogP contribution in [0.4, 0.5) is 0 Å². The number of para-hydroxylation sites is 1. The molecule has 7 heteroatoms. The summed E-state index contributed by atoms with van der Waals surface area (Å²) in [5.74, 6) is 0.902. The van der Waals surface area contributed by atoms with E-state index in [1.54, 1.807) is 7.11 Å². The number of aromatic nitrogens is 3. The van der Waals surface area contributed by atoms with E-state index in [2.05, 4.69) is 20.1 Å². The Kier molecular flexibility index (Phi) is 4.63. The van der Waals surface area contributed by atoms with E-state index < -0.39 is 5.97 Å². The van der Waals surface area contributed by atoms with Crippen LogP contribution in [0.2, 0.25) is 0 Å². The molecule has 0 unspecified atom stereocenters. The molecule has 2 aromatic heterocycles. The molecule has 1 aromatic carbocycles. The first-order chi connectivity index (χ1) is 12.7. The summed E-state index contributed by atoms with van der Waals surface area (Å²) in [5.41, 5.74) is 1.89. The van der Waals surface area contributed by atoms with Crippen molar-refractivity contribution in [2.45, 2.75) is 38.6 Å². The maximum Gasteiger partial charge on any atom is 0.366 e. The van der Waals surface area contributed by atoms with Crippen molar-refractivity contribution in [1.82, 2.24) is 13.9 Å². The van der Waals surface area contributed by atoms with Gasteiger partial charge in [0.25, 0.3) is 0 Å². The van der Waals surface area contributed by atoms with Gasteiger partial charge in [-0.15, -0.1) is 0 Å². The zero-order chi connectivity index (χ0) is 18.1. The van der Waals surface area contributed by atoms with E-state index in [-0.39, 0.29) is 5.01 Å². The summed E-state index contributed by atoms with van der Waals surface area (Å²) in [4.78, 5) is 15.4. The van der Waals surface area contributed by atoms with E-state index >= 15 is 0 Å². The number of methoxy groups -OCH3 is 1. The van der Waals surface area contributed by atoms with Gasteiger partial charge in [0.2, 0.25) is 5.01 Å². The summed E-state index contributed by atoms with van der Waals surface area (Å²) in [5, 5.41) is 10.2. The number of carbonyl (C=O) groups is 1. The minimum atomic E-state index is -1.04. The molecule has 0 amide bonds. The highest BCUT2D eigenvalue weighted by Crippen LogP contribution is 2.36. The van der Waals surface area contributed by atoms with E-state index in [0.29, 0.717) is 11.7 Å². The van der Waals surface area contributed by atoms with Gasteiger partial charge >= 0.3 is 5.97 Å². The smallest absolute Gasteiger partial charge is 0.366 e. The van der Waals surface area contributed by atoms with Gasteiger partial charge in [-0.25, -0.2) is 9.78 Å². The van der Waals surface area contributed by atoms with Gasteiger partial charge in [-0.3, -0.25) is 0 Å². The summed E-state index contributed by atoms with van der Waals surface area (Å²) in [6.07, 6.45) is 8.48. The van der Waals surface area contributed by atoms with Crippen LogP contribution in [0, 0.1) is 5.92 Å². The van der Waals surface area contributed by atoms with Crippen molar-refractivity contribution in [3.8, 4) is 17.1 Å². The number of fused-ring (bicyclic) bond motifs is 1. The largest absolute Gasteiger partial charge is 0.495 e. The molecule has 0 saturated heterocycles. The highest BCUT2D eigenvalue weighted by atomic mass is 32.1. The first-order valence-corrected chi connectivity index (χ1v) is 9.68. The van der Waals surface area contributed by atoms with Gasteiger partial charge in [0, 0.05) is 23.7 Å².